The zero-order valence-electron chi connectivity index (χ0n) is 8.47. The Morgan fingerprint density at radius 2 is 2.08 bits per heavy atom. The first kappa shape index (κ1) is 11.9. The fourth-order valence-corrected chi connectivity index (χ4v) is 1.35. The van der Waals surface area contributed by atoms with E-state index in [1.54, 1.807) is 0 Å². The standard InChI is InChI=1S/C9H19BrN2/c1-8(10)6-5-7-9(2)11-12(3)4/h8H,5-7H2,1-4H3. The molecule has 0 heterocycles. The van der Waals surface area contributed by atoms with Gasteiger partial charge in [-0.15, -0.1) is 0 Å². The van der Waals surface area contributed by atoms with Gasteiger partial charge in [-0.25, -0.2) is 0 Å². The van der Waals surface area contributed by atoms with Crippen molar-refractivity contribution in [2.75, 3.05) is 14.1 Å². The minimum absolute atomic E-state index is 0.629. The molecule has 0 saturated carbocycles. The lowest BCUT2D eigenvalue weighted by Crippen LogP contribution is -2.06. The monoisotopic (exact) mass is 234 g/mol. The van der Waals surface area contributed by atoms with Crippen molar-refractivity contribution in [3.63, 3.8) is 0 Å². The summed E-state index contributed by atoms with van der Waals surface area (Å²) in [6, 6.07) is 0. The fraction of sp³-hybridized carbons (Fsp3) is 0.889. The van der Waals surface area contributed by atoms with Crippen molar-refractivity contribution in [3.05, 3.63) is 0 Å². The van der Waals surface area contributed by atoms with Crippen LogP contribution >= 0.6 is 15.9 Å². The van der Waals surface area contributed by atoms with Gasteiger partial charge in [-0.05, 0) is 26.2 Å². The summed E-state index contributed by atoms with van der Waals surface area (Å²) >= 11 is 3.53. The molecule has 0 N–H and O–H groups in total. The number of alkyl halides is 1. The SMILES string of the molecule is CC(CCCC(C)Br)=NN(C)C. The molecule has 0 amide bonds. The van der Waals surface area contributed by atoms with Crippen LogP contribution in [-0.2, 0) is 0 Å². The Morgan fingerprint density at radius 1 is 1.50 bits per heavy atom. The molecule has 0 bridgehead atoms. The predicted molar refractivity (Wildman–Crippen MR) is 59.0 cm³/mol. The summed E-state index contributed by atoms with van der Waals surface area (Å²) in [6.45, 7) is 4.26. The number of rotatable bonds is 5. The van der Waals surface area contributed by atoms with Crippen molar-refractivity contribution < 1.29 is 0 Å². The maximum absolute atomic E-state index is 4.31. The maximum Gasteiger partial charge on any atom is 0.0349 e. The Kier molecular flexibility index (Phi) is 6.44. The summed E-state index contributed by atoms with van der Waals surface area (Å²) in [5.74, 6) is 0. The third-order valence-electron chi connectivity index (χ3n) is 1.51. The smallest absolute Gasteiger partial charge is 0.0349 e. The summed E-state index contributed by atoms with van der Waals surface area (Å²) in [7, 11) is 3.91. The van der Waals surface area contributed by atoms with E-state index in [0.717, 1.165) is 6.42 Å². The van der Waals surface area contributed by atoms with Gasteiger partial charge < -0.3 is 5.01 Å². The Balaban J connectivity index is 3.50. The van der Waals surface area contributed by atoms with Crippen LogP contribution in [-0.4, -0.2) is 29.6 Å². The molecular weight excluding hydrogens is 216 g/mol. The number of halogens is 1. The average Bonchev–Trinajstić information content (AvgIpc) is 1.84. The molecule has 0 fully saturated rings. The van der Waals surface area contributed by atoms with Crippen molar-refractivity contribution in [1.82, 2.24) is 5.01 Å². The fourth-order valence-electron chi connectivity index (χ4n) is 1.03. The zero-order chi connectivity index (χ0) is 9.56. The minimum Gasteiger partial charge on any atom is -0.303 e. The lowest BCUT2D eigenvalue weighted by Gasteiger charge is -2.07. The predicted octanol–water partition coefficient (Wildman–Crippen LogP) is 2.88. The van der Waals surface area contributed by atoms with Gasteiger partial charge in [-0.3, -0.25) is 0 Å². The van der Waals surface area contributed by atoms with E-state index in [1.807, 2.05) is 19.1 Å². The van der Waals surface area contributed by atoms with Gasteiger partial charge in [0.15, 0.2) is 0 Å². The van der Waals surface area contributed by atoms with Crippen LogP contribution in [0.1, 0.15) is 33.1 Å². The van der Waals surface area contributed by atoms with Crippen LogP contribution in [0, 0.1) is 0 Å². The van der Waals surface area contributed by atoms with Crippen LogP contribution in [0.3, 0.4) is 0 Å². The Hall–Kier alpha value is -0.0500. The number of hydrogen-bond acceptors (Lipinski definition) is 2. The second-order valence-electron chi connectivity index (χ2n) is 3.36. The van der Waals surface area contributed by atoms with Gasteiger partial charge in [-0.2, -0.15) is 5.10 Å². The molecule has 1 unspecified atom stereocenters. The highest BCUT2D eigenvalue weighted by Crippen LogP contribution is 2.08. The number of hydrazone groups is 1. The van der Waals surface area contributed by atoms with Crippen LogP contribution in [0.25, 0.3) is 0 Å². The van der Waals surface area contributed by atoms with Crippen LogP contribution in [0.2, 0.25) is 0 Å². The molecule has 3 heteroatoms. The number of hydrogen-bond donors (Lipinski definition) is 0. The summed E-state index contributed by atoms with van der Waals surface area (Å²) in [6.07, 6.45) is 3.55. The van der Waals surface area contributed by atoms with Gasteiger partial charge in [0.1, 0.15) is 0 Å². The molecular formula is C9H19BrN2. The molecule has 0 saturated heterocycles. The molecule has 12 heavy (non-hydrogen) atoms. The second kappa shape index (κ2) is 6.46. The molecule has 72 valence electrons. The van der Waals surface area contributed by atoms with E-state index >= 15 is 0 Å². The largest absolute Gasteiger partial charge is 0.303 e. The highest BCUT2D eigenvalue weighted by Gasteiger charge is 1.97. The van der Waals surface area contributed by atoms with E-state index < -0.39 is 0 Å². The van der Waals surface area contributed by atoms with E-state index in [0.29, 0.717) is 4.83 Å². The lowest BCUT2D eigenvalue weighted by molar-refractivity contribution is 0.435. The van der Waals surface area contributed by atoms with E-state index in [4.69, 9.17) is 0 Å². The minimum atomic E-state index is 0.629. The normalized spacial score (nSPS) is 14.6. The Bertz CT molecular complexity index is 141. The summed E-state index contributed by atoms with van der Waals surface area (Å²) in [4.78, 5) is 0.629. The van der Waals surface area contributed by atoms with Crippen LogP contribution in [0.4, 0.5) is 0 Å². The van der Waals surface area contributed by atoms with Crippen molar-refractivity contribution in [3.8, 4) is 0 Å². The van der Waals surface area contributed by atoms with Crippen molar-refractivity contribution >= 4 is 21.6 Å². The van der Waals surface area contributed by atoms with Gasteiger partial charge in [0.05, 0.1) is 0 Å². The summed E-state index contributed by atoms with van der Waals surface area (Å²) in [5.41, 5.74) is 1.22. The third kappa shape index (κ3) is 8.05. The van der Waals surface area contributed by atoms with Crippen LogP contribution in [0.15, 0.2) is 5.10 Å². The molecule has 0 radical (unpaired) electrons. The van der Waals surface area contributed by atoms with E-state index in [-0.39, 0.29) is 0 Å². The Labute approximate surface area is 84.2 Å². The van der Waals surface area contributed by atoms with E-state index in [9.17, 15) is 0 Å². The van der Waals surface area contributed by atoms with Gasteiger partial charge in [0, 0.05) is 24.6 Å². The van der Waals surface area contributed by atoms with Crippen molar-refractivity contribution in [2.45, 2.75) is 37.9 Å². The molecule has 0 rings (SSSR count). The molecule has 0 aliphatic heterocycles. The van der Waals surface area contributed by atoms with Gasteiger partial charge >= 0.3 is 0 Å². The van der Waals surface area contributed by atoms with E-state index in [1.165, 1.54) is 18.6 Å². The average molecular weight is 235 g/mol. The van der Waals surface area contributed by atoms with Crippen molar-refractivity contribution in [2.24, 2.45) is 5.10 Å². The molecule has 1 atom stereocenters. The van der Waals surface area contributed by atoms with Crippen molar-refractivity contribution in [1.29, 1.82) is 0 Å². The Morgan fingerprint density at radius 3 is 2.50 bits per heavy atom. The quantitative estimate of drug-likeness (QED) is 0.406. The van der Waals surface area contributed by atoms with Crippen LogP contribution in [0.5, 0.6) is 0 Å². The summed E-state index contributed by atoms with van der Waals surface area (Å²) in [5, 5.41) is 6.16. The van der Waals surface area contributed by atoms with Crippen LogP contribution < -0.4 is 0 Å². The molecule has 0 aliphatic carbocycles. The maximum atomic E-state index is 4.31. The highest BCUT2D eigenvalue weighted by atomic mass is 79.9. The van der Waals surface area contributed by atoms with E-state index in [2.05, 4.69) is 34.9 Å². The first-order chi connectivity index (χ1) is 5.52. The molecule has 0 spiro atoms. The molecule has 0 aromatic heterocycles. The first-order valence-corrected chi connectivity index (χ1v) is 5.29. The topological polar surface area (TPSA) is 15.6 Å². The second-order valence-corrected chi connectivity index (χ2v) is 4.92. The molecule has 0 aromatic rings. The number of nitrogens with zero attached hydrogens (tertiary/aromatic N) is 2. The molecule has 2 nitrogen and oxygen atoms in total. The molecule has 0 aromatic carbocycles. The third-order valence-corrected chi connectivity index (χ3v) is 1.97. The van der Waals surface area contributed by atoms with Gasteiger partial charge in [0.25, 0.3) is 0 Å². The molecule has 0 aliphatic rings. The summed E-state index contributed by atoms with van der Waals surface area (Å²) < 4.78 is 0. The lowest BCUT2D eigenvalue weighted by atomic mass is 10.1. The zero-order valence-corrected chi connectivity index (χ0v) is 10.1. The van der Waals surface area contributed by atoms with Gasteiger partial charge in [-0.1, -0.05) is 22.9 Å². The first-order valence-electron chi connectivity index (χ1n) is 4.38. The highest BCUT2D eigenvalue weighted by molar-refractivity contribution is 9.09. The van der Waals surface area contributed by atoms with Gasteiger partial charge in [0.2, 0.25) is 0 Å².